The first kappa shape index (κ1) is 13.9. The van der Waals surface area contributed by atoms with E-state index >= 15 is 0 Å². The standard InChI is InChI=1S/C13H21NO/c1-4-6-12(9-8-11(3)15)13(10-14)7-5-2/h4-9H2,1-3H3/b13-12-. The SMILES string of the molecule is CCC/C(C#N)=C(\CCC)CCC(C)=O. The number of nitriles is 1. The number of hydrogen-bond donors (Lipinski definition) is 0. The Morgan fingerprint density at radius 2 is 1.67 bits per heavy atom. The molecule has 0 aromatic heterocycles. The van der Waals surface area contributed by atoms with E-state index < -0.39 is 0 Å². The molecule has 0 aliphatic carbocycles. The zero-order chi connectivity index (χ0) is 11.7. The molecule has 0 atom stereocenters. The van der Waals surface area contributed by atoms with E-state index in [1.165, 1.54) is 5.57 Å². The zero-order valence-electron chi connectivity index (χ0n) is 10.1. The van der Waals surface area contributed by atoms with E-state index in [1.807, 2.05) is 0 Å². The molecule has 0 heterocycles. The van der Waals surface area contributed by atoms with Crippen LogP contribution in [0.4, 0.5) is 0 Å². The average Bonchev–Trinajstić information content (AvgIpc) is 2.21. The molecule has 15 heavy (non-hydrogen) atoms. The van der Waals surface area contributed by atoms with Gasteiger partial charge in [0, 0.05) is 12.0 Å². The van der Waals surface area contributed by atoms with E-state index in [0.29, 0.717) is 6.42 Å². The van der Waals surface area contributed by atoms with Crippen molar-refractivity contribution < 1.29 is 4.79 Å². The Hall–Kier alpha value is -1.10. The van der Waals surface area contributed by atoms with Crippen LogP contribution in [0, 0.1) is 11.3 Å². The highest BCUT2D eigenvalue weighted by Gasteiger charge is 2.06. The summed E-state index contributed by atoms with van der Waals surface area (Å²) in [4.78, 5) is 10.9. The summed E-state index contributed by atoms with van der Waals surface area (Å²) < 4.78 is 0. The molecular formula is C13H21NO. The summed E-state index contributed by atoms with van der Waals surface area (Å²) in [5, 5.41) is 9.03. The smallest absolute Gasteiger partial charge is 0.130 e. The average molecular weight is 207 g/mol. The van der Waals surface area contributed by atoms with Gasteiger partial charge in [0.25, 0.3) is 0 Å². The molecule has 0 aromatic carbocycles. The van der Waals surface area contributed by atoms with Crippen LogP contribution in [-0.2, 0) is 4.79 Å². The second-order valence-electron chi connectivity index (χ2n) is 3.90. The molecule has 0 N–H and O–H groups in total. The third-order valence-electron chi connectivity index (χ3n) is 2.39. The molecule has 0 fully saturated rings. The topological polar surface area (TPSA) is 40.9 Å². The first-order valence-electron chi connectivity index (χ1n) is 5.76. The van der Waals surface area contributed by atoms with Gasteiger partial charge in [-0.2, -0.15) is 5.26 Å². The summed E-state index contributed by atoms with van der Waals surface area (Å²) >= 11 is 0. The summed E-state index contributed by atoms with van der Waals surface area (Å²) in [5.74, 6) is 0.206. The highest BCUT2D eigenvalue weighted by atomic mass is 16.1. The summed E-state index contributed by atoms with van der Waals surface area (Å²) in [6, 6.07) is 2.28. The van der Waals surface area contributed by atoms with Crippen LogP contribution in [0.3, 0.4) is 0 Å². The van der Waals surface area contributed by atoms with Crippen molar-refractivity contribution in [1.29, 1.82) is 5.26 Å². The van der Waals surface area contributed by atoms with Gasteiger partial charge in [-0.3, -0.25) is 0 Å². The predicted molar refractivity (Wildman–Crippen MR) is 62.4 cm³/mol. The van der Waals surface area contributed by atoms with Crippen molar-refractivity contribution in [3.8, 4) is 6.07 Å². The number of carbonyl (C=O) groups excluding carboxylic acids is 1. The van der Waals surface area contributed by atoms with Crippen LogP contribution < -0.4 is 0 Å². The van der Waals surface area contributed by atoms with Gasteiger partial charge in [-0.05, 0) is 26.2 Å². The summed E-state index contributed by atoms with van der Waals surface area (Å²) in [5.41, 5.74) is 2.10. The van der Waals surface area contributed by atoms with Gasteiger partial charge < -0.3 is 4.79 Å². The van der Waals surface area contributed by atoms with E-state index in [-0.39, 0.29) is 5.78 Å². The number of hydrogen-bond acceptors (Lipinski definition) is 2. The Morgan fingerprint density at radius 3 is 2.07 bits per heavy atom. The molecule has 0 aliphatic rings. The molecule has 0 aliphatic heterocycles. The molecule has 0 unspecified atom stereocenters. The summed E-state index contributed by atoms with van der Waals surface area (Å²) in [7, 11) is 0. The third-order valence-corrected chi connectivity index (χ3v) is 2.39. The quantitative estimate of drug-likeness (QED) is 0.596. The Morgan fingerprint density at radius 1 is 1.07 bits per heavy atom. The van der Waals surface area contributed by atoms with Crippen LogP contribution in [0.25, 0.3) is 0 Å². The molecule has 2 heteroatoms. The van der Waals surface area contributed by atoms with Gasteiger partial charge in [0.1, 0.15) is 5.78 Å². The minimum Gasteiger partial charge on any atom is -0.300 e. The lowest BCUT2D eigenvalue weighted by Gasteiger charge is -2.08. The van der Waals surface area contributed by atoms with Crippen LogP contribution in [0.1, 0.15) is 59.3 Å². The van der Waals surface area contributed by atoms with Gasteiger partial charge >= 0.3 is 0 Å². The van der Waals surface area contributed by atoms with Crippen LogP contribution in [0.2, 0.25) is 0 Å². The molecule has 0 amide bonds. The van der Waals surface area contributed by atoms with Gasteiger partial charge in [0.05, 0.1) is 6.07 Å². The van der Waals surface area contributed by atoms with Crippen LogP contribution >= 0.6 is 0 Å². The number of nitrogens with zero attached hydrogens (tertiary/aromatic N) is 1. The predicted octanol–water partition coefficient (Wildman–Crippen LogP) is 3.78. The molecule has 0 saturated carbocycles. The molecule has 2 nitrogen and oxygen atoms in total. The van der Waals surface area contributed by atoms with Crippen molar-refractivity contribution in [1.82, 2.24) is 0 Å². The van der Waals surface area contributed by atoms with E-state index in [0.717, 1.165) is 37.7 Å². The lowest BCUT2D eigenvalue weighted by Crippen LogP contribution is -1.96. The first-order valence-corrected chi connectivity index (χ1v) is 5.76. The Bertz CT molecular complexity index is 271. The van der Waals surface area contributed by atoms with Crippen LogP contribution in [-0.4, -0.2) is 5.78 Å². The molecular weight excluding hydrogens is 186 g/mol. The lowest BCUT2D eigenvalue weighted by atomic mass is 9.96. The number of ketones is 1. The van der Waals surface area contributed by atoms with Crippen molar-refractivity contribution in [2.24, 2.45) is 0 Å². The fourth-order valence-electron chi connectivity index (χ4n) is 1.62. The number of rotatable bonds is 7. The Labute approximate surface area is 93.0 Å². The van der Waals surface area contributed by atoms with Crippen molar-refractivity contribution >= 4 is 5.78 Å². The minimum absolute atomic E-state index is 0.206. The van der Waals surface area contributed by atoms with Crippen molar-refractivity contribution in [2.45, 2.75) is 59.3 Å². The summed E-state index contributed by atoms with van der Waals surface area (Å²) in [6.45, 7) is 5.79. The second kappa shape index (κ2) is 8.23. The van der Waals surface area contributed by atoms with Crippen molar-refractivity contribution in [3.63, 3.8) is 0 Å². The van der Waals surface area contributed by atoms with Crippen molar-refractivity contribution in [3.05, 3.63) is 11.1 Å². The zero-order valence-corrected chi connectivity index (χ0v) is 10.1. The Kier molecular flexibility index (Phi) is 7.62. The fourth-order valence-corrected chi connectivity index (χ4v) is 1.62. The van der Waals surface area contributed by atoms with E-state index in [1.54, 1.807) is 6.92 Å². The fraction of sp³-hybridized carbons (Fsp3) is 0.692. The van der Waals surface area contributed by atoms with Gasteiger partial charge in [-0.1, -0.05) is 32.3 Å². The molecule has 84 valence electrons. The Balaban J connectivity index is 4.58. The number of Topliss-reactive ketones (excluding diaryl/α,β-unsaturated/α-hetero) is 1. The molecule has 0 rings (SSSR count). The van der Waals surface area contributed by atoms with Gasteiger partial charge in [0.2, 0.25) is 0 Å². The minimum atomic E-state index is 0.206. The maximum atomic E-state index is 10.9. The monoisotopic (exact) mass is 207 g/mol. The van der Waals surface area contributed by atoms with E-state index in [4.69, 9.17) is 5.26 Å². The highest BCUT2D eigenvalue weighted by Crippen LogP contribution is 2.20. The van der Waals surface area contributed by atoms with Gasteiger partial charge in [0.15, 0.2) is 0 Å². The van der Waals surface area contributed by atoms with Crippen LogP contribution in [0.15, 0.2) is 11.1 Å². The maximum absolute atomic E-state index is 10.9. The number of carbonyl (C=O) groups is 1. The maximum Gasteiger partial charge on any atom is 0.130 e. The van der Waals surface area contributed by atoms with E-state index in [9.17, 15) is 4.79 Å². The van der Waals surface area contributed by atoms with Gasteiger partial charge in [-0.25, -0.2) is 0 Å². The molecule has 0 spiro atoms. The van der Waals surface area contributed by atoms with E-state index in [2.05, 4.69) is 19.9 Å². The molecule has 0 saturated heterocycles. The van der Waals surface area contributed by atoms with Gasteiger partial charge in [-0.15, -0.1) is 0 Å². The highest BCUT2D eigenvalue weighted by molar-refractivity contribution is 5.75. The van der Waals surface area contributed by atoms with Crippen LogP contribution in [0.5, 0.6) is 0 Å². The van der Waals surface area contributed by atoms with Crippen molar-refractivity contribution in [2.75, 3.05) is 0 Å². The largest absolute Gasteiger partial charge is 0.300 e. The summed E-state index contributed by atoms with van der Waals surface area (Å²) in [6.07, 6.45) is 5.19. The molecule has 0 aromatic rings. The molecule has 0 radical (unpaired) electrons. The third kappa shape index (κ3) is 6.06. The first-order chi connectivity index (χ1) is 7.15. The number of allylic oxidation sites excluding steroid dienone is 2. The normalized spacial score (nSPS) is 11.9. The molecule has 0 bridgehead atoms. The lowest BCUT2D eigenvalue weighted by molar-refractivity contribution is -0.116. The second-order valence-corrected chi connectivity index (χ2v) is 3.90.